The number of sulfonamides is 1. The topological polar surface area (TPSA) is 66.5 Å². The minimum Gasteiger partial charge on any atom is -0.354 e. The van der Waals surface area contributed by atoms with Crippen LogP contribution >= 0.6 is 0 Å². The summed E-state index contributed by atoms with van der Waals surface area (Å²) in [4.78, 5) is 12.8. The molecule has 140 valence electrons. The first-order chi connectivity index (χ1) is 12.3. The van der Waals surface area contributed by atoms with E-state index in [1.54, 1.807) is 24.3 Å². The molecule has 0 saturated carbocycles. The van der Waals surface area contributed by atoms with Crippen molar-refractivity contribution in [3.63, 3.8) is 0 Å². The molecule has 0 radical (unpaired) electrons. The quantitative estimate of drug-likeness (QED) is 0.772. The molecule has 0 saturated heterocycles. The van der Waals surface area contributed by atoms with Crippen LogP contribution in [-0.2, 0) is 14.8 Å². The standard InChI is InChI=1S/C20H26N2O3S/c1-4-19(22(26(3,24)25)18-13-9-6-10-14-18)20(23)21-15-16(2)17-11-7-5-8-12-17/h5-14,16,19H,4,15H2,1-3H3,(H,21,23)/t16-,19+/m0/s1. The Labute approximate surface area is 156 Å². The molecule has 0 aliphatic heterocycles. The Morgan fingerprint density at radius 2 is 1.58 bits per heavy atom. The number of carbonyl (C=O) groups excluding carboxylic acids is 1. The number of nitrogens with one attached hydrogen (secondary N) is 1. The maximum absolute atomic E-state index is 12.8. The van der Waals surface area contributed by atoms with E-state index in [0.29, 0.717) is 18.7 Å². The number of amides is 1. The first-order valence-electron chi connectivity index (χ1n) is 8.71. The lowest BCUT2D eigenvalue weighted by Crippen LogP contribution is -2.49. The maximum Gasteiger partial charge on any atom is 0.243 e. The Morgan fingerprint density at radius 1 is 1.04 bits per heavy atom. The van der Waals surface area contributed by atoms with Crippen LogP contribution in [0.2, 0.25) is 0 Å². The molecule has 1 N–H and O–H groups in total. The fourth-order valence-electron chi connectivity index (χ4n) is 2.91. The number of para-hydroxylation sites is 1. The van der Waals surface area contributed by atoms with Crippen molar-refractivity contribution in [3.05, 3.63) is 66.2 Å². The number of benzene rings is 2. The largest absolute Gasteiger partial charge is 0.354 e. The number of rotatable bonds is 8. The van der Waals surface area contributed by atoms with Crippen LogP contribution in [-0.4, -0.2) is 33.2 Å². The van der Waals surface area contributed by atoms with Crippen molar-refractivity contribution in [2.75, 3.05) is 17.1 Å². The van der Waals surface area contributed by atoms with Crippen molar-refractivity contribution in [2.45, 2.75) is 32.2 Å². The van der Waals surface area contributed by atoms with E-state index in [4.69, 9.17) is 0 Å². The average Bonchev–Trinajstić information content (AvgIpc) is 2.64. The van der Waals surface area contributed by atoms with Crippen LogP contribution < -0.4 is 9.62 Å². The Bertz CT molecular complexity index is 807. The monoisotopic (exact) mass is 374 g/mol. The Morgan fingerprint density at radius 3 is 2.08 bits per heavy atom. The van der Waals surface area contributed by atoms with Gasteiger partial charge in [0.05, 0.1) is 11.9 Å². The zero-order valence-electron chi connectivity index (χ0n) is 15.4. The summed E-state index contributed by atoms with van der Waals surface area (Å²) in [5, 5.41) is 2.91. The van der Waals surface area contributed by atoms with Gasteiger partial charge in [0.15, 0.2) is 0 Å². The predicted octanol–water partition coefficient (Wildman–Crippen LogP) is 3.15. The number of anilines is 1. The fourth-order valence-corrected chi connectivity index (χ4v) is 4.12. The molecular formula is C20H26N2O3S. The second-order valence-corrected chi connectivity index (χ2v) is 8.23. The summed E-state index contributed by atoms with van der Waals surface area (Å²) >= 11 is 0. The molecule has 0 fully saturated rings. The predicted molar refractivity (Wildman–Crippen MR) is 106 cm³/mol. The Hall–Kier alpha value is -2.34. The molecule has 2 rings (SSSR count). The van der Waals surface area contributed by atoms with Gasteiger partial charge in [-0.2, -0.15) is 0 Å². The molecular weight excluding hydrogens is 348 g/mol. The molecule has 6 heteroatoms. The van der Waals surface area contributed by atoms with Crippen molar-refractivity contribution in [1.29, 1.82) is 0 Å². The molecule has 26 heavy (non-hydrogen) atoms. The number of carbonyl (C=O) groups is 1. The van der Waals surface area contributed by atoms with Gasteiger partial charge in [0, 0.05) is 6.54 Å². The zero-order valence-corrected chi connectivity index (χ0v) is 16.2. The van der Waals surface area contributed by atoms with Crippen molar-refractivity contribution >= 4 is 21.6 Å². The van der Waals surface area contributed by atoms with E-state index in [2.05, 4.69) is 5.32 Å². The minimum absolute atomic E-state index is 0.140. The van der Waals surface area contributed by atoms with E-state index in [9.17, 15) is 13.2 Å². The zero-order chi connectivity index (χ0) is 19.2. The highest BCUT2D eigenvalue weighted by molar-refractivity contribution is 7.92. The van der Waals surface area contributed by atoms with Gasteiger partial charge in [0.2, 0.25) is 15.9 Å². The average molecular weight is 375 g/mol. The van der Waals surface area contributed by atoms with E-state index in [1.807, 2.05) is 50.2 Å². The summed E-state index contributed by atoms with van der Waals surface area (Å²) in [5.41, 5.74) is 1.62. The van der Waals surface area contributed by atoms with Crippen molar-refractivity contribution < 1.29 is 13.2 Å². The van der Waals surface area contributed by atoms with Crippen molar-refractivity contribution in [2.24, 2.45) is 0 Å². The maximum atomic E-state index is 12.8. The van der Waals surface area contributed by atoms with E-state index >= 15 is 0 Å². The van der Waals surface area contributed by atoms with Gasteiger partial charge in [-0.3, -0.25) is 9.10 Å². The van der Waals surface area contributed by atoms with Gasteiger partial charge in [-0.25, -0.2) is 8.42 Å². The highest BCUT2D eigenvalue weighted by Gasteiger charge is 2.31. The van der Waals surface area contributed by atoms with Gasteiger partial charge in [-0.05, 0) is 30.0 Å². The lowest BCUT2D eigenvalue weighted by molar-refractivity contribution is -0.122. The molecule has 2 aromatic carbocycles. The summed E-state index contributed by atoms with van der Waals surface area (Å²) in [6, 6.07) is 17.8. The van der Waals surface area contributed by atoms with Gasteiger partial charge in [0.25, 0.3) is 0 Å². The second-order valence-electron chi connectivity index (χ2n) is 6.38. The summed E-state index contributed by atoms with van der Waals surface area (Å²) in [5.74, 6) is -0.148. The third-order valence-electron chi connectivity index (χ3n) is 4.29. The summed E-state index contributed by atoms with van der Waals surface area (Å²) in [6.45, 7) is 4.29. The Kier molecular flexibility index (Phi) is 6.80. The van der Waals surface area contributed by atoms with Gasteiger partial charge in [-0.15, -0.1) is 0 Å². The molecule has 0 aliphatic carbocycles. The van der Waals surface area contributed by atoms with Crippen LogP contribution in [0.15, 0.2) is 60.7 Å². The smallest absolute Gasteiger partial charge is 0.243 e. The van der Waals surface area contributed by atoms with Gasteiger partial charge in [-0.1, -0.05) is 62.4 Å². The first kappa shape index (κ1) is 20.0. The summed E-state index contributed by atoms with van der Waals surface area (Å²) < 4.78 is 25.9. The van der Waals surface area contributed by atoms with Crippen molar-refractivity contribution in [3.8, 4) is 0 Å². The van der Waals surface area contributed by atoms with Crippen LogP contribution in [0.4, 0.5) is 5.69 Å². The van der Waals surface area contributed by atoms with E-state index in [0.717, 1.165) is 11.8 Å². The molecule has 2 aromatic rings. The lowest BCUT2D eigenvalue weighted by Gasteiger charge is -2.30. The summed E-state index contributed by atoms with van der Waals surface area (Å²) in [7, 11) is -3.59. The highest BCUT2D eigenvalue weighted by Crippen LogP contribution is 2.22. The highest BCUT2D eigenvalue weighted by atomic mass is 32.2. The second kappa shape index (κ2) is 8.85. The molecule has 0 aliphatic rings. The SMILES string of the molecule is CC[C@H](C(=O)NC[C@H](C)c1ccccc1)N(c1ccccc1)S(C)(=O)=O. The number of hydrogen-bond donors (Lipinski definition) is 1. The van der Waals surface area contributed by atoms with Crippen LogP contribution in [0.3, 0.4) is 0 Å². The fraction of sp³-hybridized carbons (Fsp3) is 0.350. The molecule has 2 atom stereocenters. The third-order valence-corrected chi connectivity index (χ3v) is 5.47. The van der Waals surface area contributed by atoms with Gasteiger partial charge in [0.1, 0.15) is 6.04 Å². The van der Waals surface area contributed by atoms with Crippen LogP contribution in [0.25, 0.3) is 0 Å². The Balaban J connectivity index is 2.15. The van der Waals surface area contributed by atoms with Crippen LogP contribution in [0, 0.1) is 0 Å². The van der Waals surface area contributed by atoms with Crippen molar-refractivity contribution in [1.82, 2.24) is 5.32 Å². The van der Waals surface area contributed by atoms with Gasteiger partial charge >= 0.3 is 0 Å². The van der Waals surface area contributed by atoms with Gasteiger partial charge < -0.3 is 5.32 Å². The van der Waals surface area contributed by atoms with E-state index < -0.39 is 16.1 Å². The third kappa shape index (κ3) is 5.08. The molecule has 1 amide bonds. The molecule has 0 aromatic heterocycles. The number of nitrogens with zero attached hydrogens (tertiary/aromatic N) is 1. The van der Waals surface area contributed by atoms with E-state index in [1.165, 1.54) is 4.31 Å². The first-order valence-corrected chi connectivity index (χ1v) is 10.6. The number of hydrogen-bond acceptors (Lipinski definition) is 3. The molecule has 0 unspecified atom stereocenters. The van der Waals surface area contributed by atoms with E-state index in [-0.39, 0.29) is 11.8 Å². The van der Waals surface area contributed by atoms with Crippen LogP contribution in [0.5, 0.6) is 0 Å². The summed E-state index contributed by atoms with van der Waals surface area (Å²) in [6.07, 6.45) is 1.51. The normalized spacial score (nSPS) is 13.7. The molecule has 0 heterocycles. The molecule has 5 nitrogen and oxygen atoms in total. The minimum atomic E-state index is -3.59. The molecule has 0 bridgehead atoms. The molecule has 0 spiro atoms. The lowest BCUT2D eigenvalue weighted by atomic mass is 10.0. The van der Waals surface area contributed by atoms with Crippen LogP contribution in [0.1, 0.15) is 31.7 Å².